The van der Waals surface area contributed by atoms with Crippen LogP contribution in [-0.2, 0) is 16.6 Å². The molecule has 0 unspecified atom stereocenters. The van der Waals surface area contributed by atoms with E-state index in [1.54, 1.807) is 19.9 Å². The van der Waals surface area contributed by atoms with Crippen LogP contribution in [0.25, 0.3) is 0 Å². The number of alkyl halides is 2. The summed E-state index contributed by atoms with van der Waals surface area (Å²) in [6.07, 6.45) is 0. The van der Waals surface area contributed by atoms with E-state index in [-0.39, 0.29) is 28.5 Å². The Morgan fingerprint density at radius 1 is 1.13 bits per heavy atom. The van der Waals surface area contributed by atoms with Gasteiger partial charge in [0.05, 0.1) is 12.0 Å². The van der Waals surface area contributed by atoms with Gasteiger partial charge in [-0.05, 0) is 54.8 Å². The molecule has 2 rings (SSSR count). The van der Waals surface area contributed by atoms with E-state index in [4.69, 9.17) is 4.74 Å². The summed E-state index contributed by atoms with van der Waals surface area (Å²) >= 11 is 0. The van der Waals surface area contributed by atoms with Gasteiger partial charge in [-0.1, -0.05) is 6.07 Å². The van der Waals surface area contributed by atoms with Gasteiger partial charge in [0.15, 0.2) is 11.5 Å². The first-order valence-electron chi connectivity index (χ1n) is 8.91. The number of nitrogens with one attached hydrogen (secondary N) is 1. The molecule has 0 atom stereocenters. The molecule has 0 aliphatic rings. The number of methoxy groups -OCH3 is 1. The number of amides is 1. The van der Waals surface area contributed by atoms with Crippen LogP contribution in [0.4, 0.5) is 8.78 Å². The Balaban J connectivity index is 2.24. The summed E-state index contributed by atoms with van der Waals surface area (Å²) in [7, 11) is 0.446. The minimum atomic E-state index is -3.72. The van der Waals surface area contributed by atoms with E-state index in [0.717, 1.165) is 4.31 Å². The highest BCUT2D eigenvalue weighted by molar-refractivity contribution is 7.89. The van der Waals surface area contributed by atoms with Crippen molar-refractivity contribution in [2.45, 2.75) is 31.9 Å². The number of benzene rings is 2. The van der Waals surface area contributed by atoms with E-state index in [9.17, 15) is 22.0 Å². The number of nitrogens with zero attached hydrogens (tertiary/aromatic N) is 1. The van der Waals surface area contributed by atoms with Gasteiger partial charge in [-0.15, -0.1) is 0 Å². The summed E-state index contributed by atoms with van der Waals surface area (Å²) in [5.74, 6) is -0.483. The summed E-state index contributed by atoms with van der Waals surface area (Å²) in [5.41, 5.74) is 2.02. The number of sulfonamides is 1. The van der Waals surface area contributed by atoms with Crippen LogP contribution in [0, 0.1) is 13.8 Å². The highest BCUT2D eigenvalue weighted by atomic mass is 32.2. The van der Waals surface area contributed by atoms with Gasteiger partial charge >= 0.3 is 6.61 Å². The molecule has 2 aromatic carbocycles. The molecule has 1 amide bonds. The Labute approximate surface area is 174 Å². The standard InChI is InChI=1S/C20H24F2N2O5S/c1-12-8-15(10-18(13(12)2)30(26,27)24(3)4)19(25)23-11-14-6-7-16(29-20(21)22)17(9-14)28-5/h6-10,20H,11H2,1-5H3,(H,23,25). The van der Waals surface area contributed by atoms with Gasteiger partial charge in [-0.25, -0.2) is 12.7 Å². The van der Waals surface area contributed by atoms with Gasteiger partial charge in [-0.3, -0.25) is 4.79 Å². The zero-order valence-corrected chi connectivity index (χ0v) is 18.1. The van der Waals surface area contributed by atoms with E-state index < -0.39 is 22.5 Å². The second-order valence-corrected chi connectivity index (χ2v) is 8.87. The predicted molar refractivity (Wildman–Crippen MR) is 108 cm³/mol. The van der Waals surface area contributed by atoms with Gasteiger partial charge in [0.2, 0.25) is 10.0 Å². The lowest BCUT2D eigenvalue weighted by molar-refractivity contribution is -0.0512. The molecule has 10 heteroatoms. The van der Waals surface area contributed by atoms with Crippen molar-refractivity contribution in [1.29, 1.82) is 0 Å². The Hall–Kier alpha value is -2.72. The van der Waals surface area contributed by atoms with Crippen molar-refractivity contribution < 1.29 is 31.5 Å². The zero-order valence-electron chi connectivity index (χ0n) is 17.3. The van der Waals surface area contributed by atoms with E-state index in [1.165, 1.54) is 45.5 Å². The molecule has 0 aromatic heterocycles. The second-order valence-electron chi connectivity index (χ2n) is 6.75. The minimum absolute atomic E-state index is 0.0628. The topological polar surface area (TPSA) is 84.9 Å². The third kappa shape index (κ3) is 5.25. The van der Waals surface area contributed by atoms with Crippen molar-refractivity contribution in [2.75, 3.05) is 21.2 Å². The molecule has 0 aliphatic carbocycles. The third-order valence-corrected chi connectivity index (χ3v) is 6.48. The molecule has 2 aromatic rings. The van der Waals surface area contributed by atoms with E-state index >= 15 is 0 Å². The number of ether oxygens (including phenoxy) is 2. The first-order valence-corrected chi connectivity index (χ1v) is 10.3. The minimum Gasteiger partial charge on any atom is -0.493 e. The highest BCUT2D eigenvalue weighted by Crippen LogP contribution is 2.29. The Morgan fingerprint density at radius 2 is 1.80 bits per heavy atom. The molecule has 0 heterocycles. The smallest absolute Gasteiger partial charge is 0.387 e. The molecule has 0 radical (unpaired) electrons. The van der Waals surface area contributed by atoms with Crippen molar-refractivity contribution in [1.82, 2.24) is 9.62 Å². The normalized spacial score (nSPS) is 11.6. The van der Waals surface area contributed by atoms with Crippen LogP contribution in [0.5, 0.6) is 11.5 Å². The van der Waals surface area contributed by atoms with Crippen LogP contribution >= 0.6 is 0 Å². The van der Waals surface area contributed by atoms with Crippen molar-refractivity contribution in [3.8, 4) is 11.5 Å². The van der Waals surface area contributed by atoms with E-state index in [0.29, 0.717) is 16.7 Å². The molecule has 0 aliphatic heterocycles. The number of hydrogen-bond donors (Lipinski definition) is 1. The van der Waals surface area contributed by atoms with Crippen molar-refractivity contribution in [3.63, 3.8) is 0 Å². The van der Waals surface area contributed by atoms with Crippen LogP contribution in [0.2, 0.25) is 0 Å². The van der Waals surface area contributed by atoms with Gasteiger partial charge in [0.25, 0.3) is 5.91 Å². The fourth-order valence-corrected chi connectivity index (χ4v) is 3.94. The van der Waals surface area contributed by atoms with Gasteiger partial charge in [0, 0.05) is 26.2 Å². The maximum atomic E-state index is 12.6. The van der Waals surface area contributed by atoms with Crippen molar-refractivity contribution in [3.05, 3.63) is 52.6 Å². The highest BCUT2D eigenvalue weighted by Gasteiger charge is 2.23. The molecular weight excluding hydrogens is 418 g/mol. The van der Waals surface area contributed by atoms with Gasteiger partial charge < -0.3 is 14.8 Å². The van der Waals surface area contributed by atoms with E-state index in [2.05, 4.69) is 10.1 Å². The maximum Gasteiger partial charge on any atom is 0.387 e. The number of hydrogen-bond acceptors (Lipinski definition) is 5. The van der Waals surface area contributed by atoms with Crippen LogP contribution in [0.3, 0.4) is 0 Å². The van der Waals surface area contributed by atoms with Crippen molar-refractivity contribution >= 4 is 15.9 Å². The molecule has 0 saturated heterocycles. The second kappa shape index (κ2) is 9.40. The van der Waals surface area contributed by atoms with Gasteiger partial charge in [-0.2, -0.15) is 8.78 Å². The first-order chi connectivity index (χ1) is 14.0. The number of aryl methyl sites for hydroxylation is 1. The quantitative estimate of drug-likeness (QED) is 0.679. The summed E-state index contributed by atoms with van der Waals surface area (Å²) in [5, 5.41) is 2.69. The average molecular weight is 442 g/mol. The summed E-state index contributed by atoms with van der Waals surface area (Å²) in [6.45, 7) is 0.505. The maximum absolute atomic E-state index is 12.6. The molecule has 30 heavy (non-hydrogen) atoms. The van der Waals surface area contributed by atoms with E-state index in [1.807, 2.05) is 0 Å². The molecule has 7 nitrogen and oxygen atoms in total. The number of rotatable bonds is 8. The SMILES string of the molecule is COc1cc(CNC(=O)c2cc(C)c(C)c(S(=O)(=O)N(C)C)c2)ccc1OC(F)F. The summed E-state index contributed by atoms with van der Waals surface area (Å²) in [4.78, 5) is 12.7. The Kier molecular flexibility index (Phi) is 7.38. The summed E-state index contributed by atoms with van der Waals surface area (Å²) in [6, 6.07) is 7.26. The Morgan fingerprint density at radius 3 is 2.37 bits per heavy atom. The van der Waals surface area contributed by atoms with Crippen molar-refractivity contribution in [2.24, 2.45) is 0 Å². The lowest BCUT2D eigenvalue weighted by Gasteiger charge is -2.17. The lowest BCUT2D eigenvalue weighted by atomic mass is 10.1. The monoisotopic (exact) mass is 442 g/mol. The predicted octanol–water partition coefficient (Wildman–Crippen LogP) is 3.09. The molecule has 1 N–H and O–H groups in total. The fourth-order valence-electron chi connectivity index (χ4n) is 2.72. The molecular formula is C20H24F2N2O5S. The summed E-state index contributed by atoms with van der Waals surface area (Å²) < 4.78 is 60.5. The first kappa shape index (κ1) is 23.6. The van der Waals surface area contributed by atoms with Crippen LogP contribution in [0.1, 0.15) is 27.0 Å². The molecule has 0 fully saturated rings. The van der Waals surface area contributed by atoms with Crippen LogP contribution < -0.4 is 14.8 Å². The largest absolute Gasteiger partial charge is 0.493 e. The molecule has 0 saturated carbocycles. The number of carbonyl (C=O) groups is 1. The fraction of sp³-hybridized carbons (Fsp3) is 0.350. The molecule has 0 spiro atoms. The van der Waals surface area contributed by atoms with Crippen LogP contribution in [-0.4, -0.2) is 46.4 Å². The average Bonchev–Trinajstić information content (AvgIpc) is 2.68. The number of carbonyl (C=O) groups excluding carboxylic acids is 1. The third-order valence-electron chi connectivity index (χ3n) is 4.54. The Bertz CT molecular complexity index is 1040. The number of halogens is 2. The molecule has 164 valence electrons. The lowest BCUT2D eigenvalue weighted by Crippen LogP contribution is -2.26. The van der Waals surface area contributed by atoms with Crippen LogP contribution in [0.15, 0.2) is 35.2 Å². The zero-order chi connectivity index (χ0) is 22.6. The van der Waals surface area contributed by atoms with Gasteiger partial charge in [0.1, 0.15) is 0 Å². The molecule has 0 bridgehead atoms.